The van der Waals surface area contributed by atoms with E-state index in [-0.39, 0.29) is 6.04 Å². The van der Waals surface area contributed by atoms with E-state index in [2.05, 4.69) is 33.0 Å². The molecule has 3 rings (SSSR count). The molecular formula is C23H37BrN2O3S. The molecule has 1 saturated carbocycles. The van der Waals surface area contributed by atoms with Crippen LogP contribution in [-0.4, -0.2) is 63.2 Å². The zero-order valence-electron chi connectivity index (χ0n) is 18.6. The Labute approximate surface area is 191 Å². The van der Waals surface area contributed by atoms with E-state index in [0.717, 1.165) is 43.8 Å². The van der Waals surface area contributed by atoms with Gasteiger partial charge in [-0.1, -0.05) is 22.9 Å². The second-order valence-electron chi connectivity index (χ2n) is 9.05. The van der Waals surface area contributed by atoms with Crippen molar-refractivity contribution in [2.45, 2.75) is 57.9 Å². The number of likely N-dealkylation sites (tertiary alicyclic amines) is 1. The summed E-state index contributed by atoms with van der Waals surface area (Å²) in [6.07, 6.45) is 9.28. The number of benzene rings is 1. The van der Waals surface area contributed by atoms with E-state index < -0.39 is 10.0 Å². The molecule has 2 aliphatic rings. The molecule has 2 fully saturated rings. The van der Waals surface area contributed by atoms with Gasteiger partial charge in [0.1, 0.15) is 5.75 Å². The molecule has 30 heavy (non-hydrogen) atoms. The summed E-state index contributed by atoms with van der Waals surface area (Å²) < 4.78 is 32.2. The van der Waals surface area contributed by atoms with Gasteiger partial charge in [0, 0.05) is 23.6 Å². The number of sulfonamides is 1. The molecule has 1 aliphatic carbocycles. The number of halogens is 1. The zero-order valence-corrected chi connectivity index (χ0v) is 21.1. The largest absolute Gasteiger partial charge is 0.497 e. The van der Waals surface area contributed by atoms with E-state index in [1.54, 1.807) is 11.4 Å². The van der Waals surface area contributed by atoms with Crippen LogP contribution in [0.5, 0.6) is 5.75 Å². The maximum atomic E-state index is 12.0. The summed E-state index contributed by atoms with van der Waals surface area (Å²) in [5.41, 5.74) is 1.34. The Morgan fingerprint density at radius 1 is 1.17 bits per heavy atom. The minimum atomic E-state index is -3.08. The van der Waals surface area contributed by atoms with Gasteiger partial charge >= 0.3 is 0 Å². The van der Waals surface area contributed by atoms with Crippen molar-refractivity contribution in [1.82, 2.24) is 9.21 Å². The molecule has 1 aromatic rings. The van der Waals surface area contributed by atoms with Crippen molar-refractivity contribution < 1.29 is 13.2 Å². The highest BCUT2D eigenvalue weighted by molar-refractivity contribution is 9.10. The number of methoxy groups -OCH3 is 1. The summed E-state index contributed by atoms with van der Waals surface area (Å²) in [4.78, 5) is 2.62. The Morgan fingerprint density at radius 2 is 1.90 bits per heavy atom. The summed E-state index contributed by atoms with van der Waals surface area (Å²) in [5.74, 6) is 2.37. The lowest BCUT2D eigenvalue weighted by Gasteiger charge is -2.35. The first-order valence-electron chi connectivity index (χ1n) is 11.3. The van der Waals surface area contributed by atoms with E-state index in [1.165, 1.54) is 48.8 Å². The predicted octanol–water partition coefficient (Wildman–Crippen LogP) is 4.55. The number of hydrogen-bond acceptors (Lipinski definition) is 4. The van der Waals surface area contributed by atoms with Crippen LogP contribution in [0, 0.1) is 11.8 Å². The fraction of sp³-hybridized carbons (Fsp3) is 0.739. The van der Waals surface area contributed by atoms with Gasteiger partial charge in [-0.2, -0.15) is 4.31 Å². The van der Waals surface area contributed by atoms with Gasteiger partial charge < -0.3 is 9.64 Å². The van der Waals surface area contributed by atoms with Crippen LogP contribution in [-0.2, 0) is 16.4 Å². The Bertz CT molecular complexity index is 794. The second kappa shape index (κ2) is 10.8. The third kappa shape index (κ3) is 6.44. The van der Waals surface area contributed by atoms with Gasteiger partial charge in [-0.25, -0.2) is 8.42 Å². The molecule has 1 aliphatic heterocycles. The fourth-order valence-electron chi connectivity index (χ4n) is 5.28. The molecule has 0 bridgehead atoms. The minimum Gasteiger partial charge on any atom is -0.497 e. The summed E-state index contributed by atoms with van der Waals surface area (Å²) in [5, 5.41) is 0. The molecule has 170 valence electrons. The van der Waals surface area contributed by atoms with Crippen molar-refractivity contribution in [3.05, 3.63) is 28.2 Å². The maximum absolute atomic E-state index is 12.0. The van der Waals surface area contributed by atoms with Crippen LogP contribution in [0.2, 0.25) is 0 Å². The first-order chi connectivity index (χ1) is 14.3. The van der Waals surface area contributed by atoms with E-state index in [9.17, 15) is 8.42 Å². The van der Waals surface area contributed by atoms with Crippen LogP contribution >= 0.6 is 15.9 Å². The first-order valence-corrected chi connectivity index (χ1v) is 14.0. The standard InChI is InChI=1S/C23H37BrN2O3S/c1-4-26(30(3,27)28)21-7-5-18(6-8-21)11-13-25-14-12-19(17-25)15-20-16-22(29-2)9-10-23(20)24/h9-10,16,18-19,21H,4-8,11-15,17H2,1-3H3. The lowest BCUT2D eigenvalue weighted by molar-refractivity contribution is 0.198. The number of nitrogens with zero attached hydrogens (tertiary/aromatic N) is 2. The van der Waals surface area contributed by atoms with E-state index >= 15 is 0 Å². The van der Waals surface area contributed by atoms with Crippen LogP contribution in [0.1, 0.15) is 51.0 Å². The van der Waals surface area contributed by atoms with Crippen LogP contribution in [0.25, 0.3) is 0 Å². The van der Waals surface area contributed by atoms with Gasteiger partial charge in [0.15, 0.2) is 0 Å². The second-order valence-corrected chi connectivity index (χ2v) is 11.8. The summed E-state index contributed by atoms with van der Waals surface area (Å²) in [7, 11) is -1.36. The molecule has 5 nitrogen and oxygen atoms in total. The van der Waals surface area contributed by atoms with Gasteiger partial charge in [0.2, 0.25) is 10.0 Å². The molecular weight excluding hydrogens is 464 g/mol. The van der Waals surface area contributed by atoms with Crippen LogP contribution < -0.4 is 4.74 Å². The minimum absolute atomic E-state index is 0.207. The maximum Gasteiger partial charge on any atom is 0.211 e. The Balaban J connectivity index is 1.41. The molecule has 1 saturated heterocycles. The fourth-order valence-corrected chi connectivity index (χ4v) is 6.91. The van der Waals surface area contributed by atoms with E-state index in [0.29, 0.717) is 12.5 Å². The third-order valence-corrected chi connectivity index (χ3v) is 9.13. The third-order valence-electron chi connectivity index (χ3n) is 6.95. The SMILES string of the molecule is CCN(C1CCC(CCN2CCC(Cc3cc(OC)ccc3Br)C2)CC1)S(C)(=O)=O. The number of rotatable bonds is 9. The summed E-state index contributed by atoms with van der Waals surface area (Å²) >= 11 is 3.69. The molecule has 0 aromatic heterocycles. The van der Waals surface area contributed by atoms with E-state index in [4.69, 9.17) is 4.74 Å². The van der Waals surface area contributed by atoms with Gasteiger partial charge in [-0.15, -0.1) is 0 Å². The van der Waals surface area contributed by atoms with Crippen molar-refractivity contribution in [2.24, 2.45) is 11.8 Å². The van der Waals surface area contributed by atoms with Crippen molar-refractivity contribution in [3.63, 3.8) is 0 Å². The van der Waals surface area contributed by atoms with Crippen LogP contribution in [0.15, 0.2) is 22.7 Å². The van der Waals surface area contributed by atoms with Crippen molar-refractivity contribution >= 4 is 26.0 Å². The van der Waals surface area contributed by atoms with E-state index in [1.807, 2.05) is 13.0 Å². The smallest absolute Gasteiger partial charge is 0.211 e. The highest BCUT2D eigenvalue weighted by Gasteiger charge is 2.30. The van der Waals surface area contributed by atoms with Gasteiger partial charge in [-0.3, -0.25) is 0 Å². The van der Waals surface area contributed by atoms with Gasteiger partial charge in [-0.05, 0) is 93.6 Å². The molecule has 1 atom stereocenters. The lowest BCUT2D eigenvalue weighted by Crippen LogP contribution is -2.41. The first kappa shape index (κ1) is 24.0. The number of hydrogen-bond donors (Lipinski definition) is 0. The Hall–Kier alpha value is -0.630. The molecule has 0 radical (unpaired) electrons. The van der Waals surface area contributed by atoms with Gasteiger partial charge in [0.05, 0.1) is 13.4 Å². The molecule has 0 amide bonds. The predicted molar refractivity (Wildman–Crippen MR) is 127 cm³/mol. The molecule has 1 unspecified atom stereocenters. The average molecular weight is 502 g/mol. The average Bonchev–Trinajstić information content (AvgIpc) is 3.16. The normalized spacial score (nSPS) is 25.7. The lowest BCUT2D eigenvalue weighted by atomic mass is 9.84. The summed E-state index contributed by atoms with van der Waals surface area (Å²) in [6, 6.07) is 6.44. The van der Waals surface area contributed by atoms with Crippen LogP contribution in [0.3, 0.4) is 0 Å². The van der Waals surface area contributed by atoms with Crippen LogP contribution in [0.4, 0.5) is 0 Å². The van der Waals surface area contributed by atoms with Gasteiger partial charge in [0.25, 0.3) is 0 Å². The number of ether oxygens (including phenoxy) is 1. The van der Waals surface area contributed by atoms with Crippen molar-refractivity contribution in [2.75, 3.05) is 39.5 Å². The quantitative estimate of drug-likeness (QED) is 0.498. The molecule has 1 heterocycles. The summed E-state index contributed by atoms with van der Waals surface area (Å²) in [6.45, 7) is 6.08. The molecule has 1 aromatic carbocycles. The molecule has 0 N–H and O–H groups in total. The monoisotopic (exact) mass is 500 g/mol. The Morgan fingerprint density at radius 3 is 2.53 bits per heavy atom. The Kier molecular flexibility index (Phi) is 8.64. The molecule has 7 heteroatoms. The topological polar surface area (TPSA) is 49.9 Å². The molecule has 0 spiro atoms. The highest BCUT2D eigenvalue weighted by atomic mass is 79.9. The van der Waals surface area contributed by atoms with Crippen molar-refractivity contribution in [1.29, 1.82) is 0 Å². The highest BCUT2D eigenvalue weighted by Crippen LogP contribution is 2.32. The zero-order chi connectivity index (χ0) is 21.7. The van der Waals surface area contributed by atoms with Crippen molar-refractivity contribution in [3.8, 4) is 5.75 Å².